The molecule has 0 spiro atoms. The van der Waals surface area contributed by atoms with Gasteiger partial charge in [-0.05, 0) is 18.4 Å². The van der Waals surface area contributed by atoms with Crippen molar-refractivity contribution >= 4 is 0 Å². The summed E-state index contributed by atoms with van der Waals surface area (Å²) < 4.78 is 17.6. The summed E-state index contributed by atoms with van der Waals surface area (Å²) in [6, 6.07) is 9.92. The van der Waals surface area contributed by atoms with E-state index >= 15 is 0 Å². The van der Waals surface area contributed by atoms with Gasteiger partial charge in [-0.25, -0.2) is 0 Å². The molecule has 4 atom stereocenters. The van der Waals surface area contributed by atoms with Crippen LogP contribution in [0.4, 0.5) is 0 Å². The van der Waals surface area contributed by atoms with E-state index in [-0.39, 0.29) is 24.4 Å². The molecule has 1 aromatic carbocycles. The first-order valence-corrected chi connectivity index (χ1v) is 9.98. The number of allylic oxidation sites excluding steroid dienone is 1. The second kappa shape index (κ2) is 12.2. The lowest BCUT2D eigenvalue weighted by Gasteiger charge is -2.39. The van der Waals surface area contributed by atoms with Crippen LogP contribution >= 0.6 is 0 Å². The molecule has 4 nitrogen and oxygen atoms in total. The van der Waals surface area contributed by atoms with E-state index in [0.717, 1.165) is 12.0 Å². The van der Waals surface area contributed by atoms with E-state index < -0.39 is 0 Å². The topological polar surface area (TPSA) is 53.7 Å². The van der Waals surface area contributed by atoms with Gasteiger partial charge in [0.1, 0.15) is 12.2 Å². The van der Waals surface area contributed by atoms with Crippen molar-refractivity contribution in [3.05, 3.63) is 48.0 Å². The second-order valence-corrected chi connectivity index (χ2v) is 7.04. The van der Waals surface area contributed by atoms with Crippen molar-refractivity contribution in [1.82, 2.24) is 0 Å². The fourth-order valence-corrected chi connectivity index (χ4v) is 3.36. The predicted molar refractivity (Wildman–Crippen MR) is 106 cm³/mol. The molecule has 2 rings (SSSR count). The lowest BCUT2D eigenvalue weighted by Crippen LogP contribution is -2.58. The summed E-state index contributed by atoms with van der Waals surface area (Å²) in [5.74, 6) is 0. The fourth-order valence-electron chi connectivity index (χ4n) is 3.36. The number of rotatable bonds is 11. The van der Waals surface area contributed by atoms with Crippen molar-refractivity contribution < 1.29 is 14.2 Å². The van der Waals surface area contributed by atoms with Crippen molar-refractivity contribution in [3.8, 4) is 0 Å². The van der Waals surface area contributed by atoms with Gasteiger partial charge in [-0.1, -0.05) is 75.1 Å². The van der Waals surface area contributed by atoms with Crippen molar-refractivity contribution in [3.63, 3.8) is 0 Å². The minimum absolute atomic E-state index is 0.104. The molecule has 26 heavy (non-hydrogen) atoms. The van der Waals surface area contributed by atoms with Crippen LogP contribution in [0, 0.1) is 0 Å². The minimum atomic E-state index is -0.217. The van der Waals surface area contributed by atoms with E-state index in [9.17, 15) is 0 Å². The van der Waals surface area contributed by atoms with Crippen molar-refractivity contribution in [2.75, 3.05) is 13.7 Å². The Balaban J connectivity index is 1.76. The molecule has 4 heteroatoms. The number of hydrogen-bond donors (Lipinski definition) is 1. The molecule has 0 bridgehead atoms. The number of nitrogens with two attached hydrogens (primary N) is 1. The normalized spacial score (nSPS) is 26.4. The van der Waals surface area contributed by atoms with Crippen LogP contribution in [-0.2, 0) is 20.8 Å². The highest BCUT2D eigenvalue weighted by Crippen LogP contribution is 2.21. The third kappa shape index (κ3) is 6.84. The number of hydrogen-bond acceptors (Lipinski definition) is 4. The first kappa shape index (κ1) is 21.1. The number of methoxy groups -OCH3 is 1. The van der Waals surface area contributed by atoms with Gasteiger partial charge in [0.25, 0.3) is 0 Å². The quantitative estimate of drug-likeness (QED) is 0.473. The monoisotopic (exact) mass is 361 g/mol. The van der Waals surface area contributed by atoms with Gasteiger partial charge in [0.15, 0.2) is 0 Å². The van der Waals surface area contributed by atoms with E-state index in [1.807, 2.05) is 18.2 Å². The SMILES string of the molecule is CCCCCCC/C=C/[C@@H]1OC[C@@H](OCc2ccccc2)[C@H](OC)[C@@H]1N. The molecule has 1 aliphatic heterocycles. The van der Waals surface area contributed by atoms with E-state index in [4.69, 9.17) is 19.9 Å². The Labute approximate surface area is 158 Å². The molecular weight excluding hydrogens is 326 g/mol. The number of benzene rings is 1. The first-order chi connectivity index (χ1) is 12.8. The third-order valence-electron chi connectivity index (χ3n) is 4.96. The maximum absolute atomic E-state index is 6.39. The molecule has 1 aromatic rings. The van der Waals surface area contributed by atoms with E-state index in [2.05, 4.69) is 31.2 Å². The van der Waals surface area contributed by atoms with Crippen LogP contribution in [0.15, 0.2) is 42.5 Å². The van der Waals surface area contributed by atoms with Crippen LogP contribution in [0.25, 0.3) is 0 Å². The molecule has 0 saturated carbocycles. The van der Waals surface area contributed by atoms with Crippen LogP contribution in [0.3, 0.4) is 0 Å². The molecule has 1 aliphatic rings. The van der Waals surface area contributed by atoms with Crippen LogP contribution in [0.2, 0.25) is 0 Å². The highest BCUT2D eigenvalue weighted by molar-refractivity contribution is 5.13. The molecule has 1 heterocycles. The Kier molecular flexibility index (Phi) is 9.93. The lowest BCUT2D eigenvalue weighted by molar-refractivity contribution is -0.158. The smallest absolute Gasteiger partial charge is 0.109 e. The lowest BCUT2D eigenvalue weighted by atomic mass is 9.97. The van der Waals surface area contributed by atoms with Gasteiger partial charge in [-0.2, -0.15) is 0 Å². The number of unbranched alkanes of at least 4 members (excludes halogenated alkanes) is 5. The summed E-state index contributed by atoms with van der Waals surface area (Å²) in [4.78, 5) is 0. The highest BCUT2D eigenvalue weighted by Gasteiger charge is 2.38. The molecule has 0 amide bonds. The van der Waals surface area contributed by atoms with E-state index in [1.165, 1.54) is 32.1 Å². The Hall–Kier alpha value is -1.20. The molecular formula is C22H35NO3. The third-order valence-corrected chi connectivity index (χ3v) is 4.96. The summed E-state index contributed by atoms with van der Waals surface area (Å²) in [6.07, 6.45) is 11.5. The maximum atomic E-state index is 6.39. The summed E-state index contributed by atoms with van der Waals surface area (Å²) in [5.41, 5.74) is 7.53. The molecule has 0 aliphatic carbocycles. The molecule has 0 radical (unpaired) electrons. The average Bonchev–Trinajstić information content (AvgIpc) is 2.67. The van der Waals surface area contributed by atoms with Gasteiger partial charge < -0.3 is 19.9 Å². The highest BCUT2D eigenvalue weighted by atomic mass is 16.6. The zero-order valence-corrected chi connectivity index (χ0v) is 16.3. The van der Waals surface area contributed by atoms with Gasteiger partial charge in [-0.3, -0.25) is 0 Å². The minimum Gasteiger partial charge on any atom is -0.377 e. The Bertz CT molecular complexity index is 505. The zero-order chi connectivity index (χ0) is 18.6. The van der Waals surface area contributed by atoms with Gasteiger partial charge in [0.2, 0.25) is 0 Å². The zero-order valence-electron chi connectivity index (χ0n) is 16.3. The van der Waals surface area contributed by atoms with E-state index in [0.29, 0.717) is 13.2 Å². The van der Waals surface area contributed by atoms with Crippen molar-refractivity contribution in [1.29, 1.82) is 0 Å². The number of ether oxygens (including phenoxy) is 3. The van der Waals surface area contributed by atoms with Crippen molar-refractivity contribution in [2.24, 2.45) is 5.73 Å². The van der Waals surface area contributed by atoms with Gasteiger partial charge in [0.05, 0.1) is 25.4 Å². The van der Waals surface area contributed by atoms with Crippen LogP contribution in [0.1, 0.15) is 51.0 Å². The Morgan fingerprint density at radius 3 is 2.65 bits per heavy atom. The fraction of sp³-hybridized carbons (Fsp3) is 0.636. The second-order valence-electron chi connectivity index (χ2n) is 7.04. The molecule has 0 aromatic heterocycles. The van der Waals surface area contributed by atoms with Crippen molar-refractivity contribution in [2.45, 2.75) is 76.4 Å². The predicted octanol–water partition coefficient (Wildman–Crippen LogP) is 4.23. The largest absolute Gasteiger partial charge is 0.377 e. The van der Waals surface area contributed by atoms with E-state index in [1.54, 1.807) is 7.11 Å². The molecule has 0 unspecified atom stereocenters. The Morgan fingerprint density at radius 2 is 1.92 bits per heavy atom. The van der Waals surface area contributed by atoms with Gasteiger partial charge in [-0.15, -0.1) is 0 Å². The molecule has 1 saturated heterocycles. The summed E-state index contributed by atoms with van der Waals surface area (Å²) in [7, 11) is 1.70. The van der Waals surface area contributed by atoms with Crippen LogP contribution in [-0.4, -0.2) is 38.1 Å². The van der Waals surface area contributed by atoms with Gasteiger partial charge in [0, 0.05) is 7.11 Å². The van der Waals surface area contributed by atoms with Crippen LogP contribution in [0.5, 0.6) is 0 Å². The Morgan fingerprint density at radius 1 is 1.15 bits per heavy atom. The first-order valence-electron chi connectivity index (χ1n) is 9.98. The summed E-state index contributed by atoms with van der Waals surface area (Å²) in [6.45, 7) is 3.29. The molecule has 1 fully saturated rings. The summed E-state index contributed by atoms with van der Waals surface area (Å²) in [5, 5.41) is 0. The summed E-state index contributed by atoms with van der Waals surface area (Å²) >= 11 is 0. The maximum Gasteiger partial charge on any atom is 0.109 e. The van der Waals surface area contributed by atoms with Crippen LogP contribution < -0.4 is 5.73 Å². The molecule has 2 N–H and O–H groups in total. The average molecular weight is 362 g/mol. The van der Waals surface area contributed by atoms with Gasteiger partial charge >= 0.3 is 0 Å². The molecule has 146 valence electrons. The standard InChI is InChI=1S/C22H35NO3/c1-3-4-5-6-7-8-12-15-19-21(23)22(24-2)20(17-26-19)25-16-18-13-10-9-11-14-18/h9-15,19-22H,3-8,16-17,23H2,1-2H3/b15-12+/t19-,20+,21+,22-/m0/s1.